The van der Waals surface area contributed by atoms with Crippen LogP contribution in [0, 0.1) is 0 Å². The molecule has 4 heteroatoms. The van der Waals surface area contributed by atoms with Crippen molar-refractivity contribution in [2.75, 3.05) is 26.8 Å². The van der Waals surface area contributed by atoms with Crippen LogP contribution in [-0.4, -0.2) is 53.4 Å². The molecule has 0 radical (unpaired) electrons. The number of benzene rings is 1. The van der Waals surface area contributed by atoms with Gasteiger partial charge < -0.3 is 14.8 Å². The number of nitrogens with zero attached hydrogens (tertiary/aromatic N) is 1. The molecule has 0 spiro atoms. The minimum absolute atomic E-state index is 0.602. The SMILES string of the molecule is COCCN1CCC[C@@H]1Cc1c[nH]c2ccc(C=CC(C)(C)O)cc12. The predicted molar refractivity (Wildman–Crippen MR) is 104 cm³/mol. The fourth-order valence-corrected chi connectivity index (χ4v) is 3.65. The maximum absolute atomic E-state index is 9.89. The molecule has 2 aromatic rings. The number of fused-ring (bicyclic) bond motifs is 1. The van der Waals surface area contributed by atoms with Gasteiger partial charge in [0.25, 0.3) is 0 Å². The molecule has 1 aromatic carbocycles. The zero-order chi connectivity index (χ0) is 17.9. The molecule has 3 rings (SSSR count). The lowest BCUT2D eigenvalue weighted by molar-refractivity contribution is 0.134. The standard InChI is InChI=1S/C21H30N2O2/c1-21(2,24)9-8-16-6-7-20-19(13-16)17(15-22-20)14-18-5-4-10-23(18)11-12-25-3/h6-9,13,15,18,22,24H,4-5,10-12,14H2,1-3H3/t18-/m1/s1. The van der Waals surface area contributed by atoms with Crippen molar-refractivity contribution in [3.8, 4) is 0 Å². The number of hydrogen-bond acceptors (Lipinski definition) is 3. The molecule has 0 aliphatic carbocycles. The van der Waals surface area contributed by atoms with Crippen molar-refractivity contribution in [3.05, 3.63) is 41.6 Å². The van der Waals surface area contributed by atoms with Gasteiger partial charge in [-0.05, 0) is 62.9 Å². The summed E-state index contributed by atoms with van der Waals surface area (Å²) >= 11 is 0. The smallest absolute Gasteiger partial charge is 0.0774 e. The largest absolute Gasteiger partial charge is 0.386 e. The Morgan fingerprint density at radius 2 is 2.24 bits per heavy atom. The van der Waals surface area contributed by atoms with Gasteiger partial charge in [0.05, 0.1) is 12.2 Å². The summed E-state index contributed by atoms with van der Waals surface area (Å²) in [6.45, 7) is 6.58. The van der Waals surface area contributed by atoms with Crippen LogP contribution in [-0.2, 0) is 11.2 Å². The van der Waals surface area contributed by atoms with E-state index in [9.17, 15) is 5.11 Å². The normalized spacial score (nSPS) is 19.4. The van der Waals surface area contributed by atoms with Crippen LogP contribution in [0.5, 0.6) is 0 Å². The maximum atomic E-state index is 9.89. The van der Waals surface area contributed by atoms with E-state index in [2.05, 4.69) is 34.3 Å². The molecule has 136 valence electrons. The van der Waals surface area contributed by atoms with E-state index in [1.807, 2.05) is 12.2 Å². The molecule has 4 nitrogen and oxygen atoms in total. The fourth-order valence-electron chi connectivity index (χ4n) is 3.65. The maximum Gasteiger partial charge on any atom is 0.0774 e. The van der Waals surface area contributed by atoms with E-state index in [4.69, 9.17) is 4.74 Å². The molecule has 1 atom stereocenters. The van der Waals surface area contributed by atoms with Crippen molar-refractivity contribution in [1.29, 1.82) is 0 Å². The zero-order valence-corrected chi connectivity index (χ0v) is 15.6. The lowest BCUT2D eigenvalue weighted by Gasteiger charge is -2.23. The predicted octanol–water partition coefficient (Wildman–Crippen LogP) is 3.61. The second kappa shape index (κ2) is 7.73. The Bertz CT molecular complexity index is 727. The number of hydrogen-bond donors (Lipinski definition) is 2. The molecule has 1 fully saturated rings. The van der Waals surface area contributed by atoms with Crippen LogP contribution in [0.2, 0.25) is 0 Å². The molecule has 0 amide bonds. The van der Waals surface area contributed by atoms with Gasteiger partial charge in [-0.15, -0.1) is 0 Å². The van der Waals surface area contributed by atoms with E-state index in [0.29, 0.717) is 6.04 Å². The highest BCUT2D eigenvalue weighted by molar-refractivity contribution is 5.85. The second-order valence-electron chi connectivity index (χ2n) is 7.63. The summed E-state index contributed by atoms with van der Waals surface area (Å²) in [5.41, 5.74) is 2.89. The van der Waals surface area contributed by atoms with Crippen LogP contribution < -0.4 is 0 Å². The monoisotopic (exact) mass is 342 g/mol. The summed E-state index contributed by atoms with van der Waals surface area (Å²) in [7, 11) is 1.77. The van der Waals surface area contributed by atoms with Crippen molar-refractivity contribution in [2.45, 2.75) is 44.8 Å². The lowest BCUT2D eigenvalue weighted by Crippen LogP contribution is -2.33. The average Bonchev–Trinajstić information content (AvgIpc) is 3.18. The van der Waals surface area contributed by atoms with Crippen LogP contribution >= 0.6 is 0 Å². The number of H-pyrrole nitrogens is 1. The molecule has 1 saturated heterocycles. The van der Waals surface area contributed by atoms with Crippen molar-refractivity contribution in [3.63, 3.8) is 0 Å². The van der Waals surface area contributed by atoms with Crippen LogP contribution in [0.1, 0.15) is 37.8 Å². The highest BCUT2D eigenvalue weighted by Gasteiger charge is 2.25. The van der Waals surface area contributed by atoms with Gasteiger partial charge in [-0.3, -0.25) is 4.90 Å². The minimum Gasteiger partial charge on any atom is -0.386 e. The Hall–Kier alpha value is -1.62. The number of ether oxygens (including phenoxy) is 1. The molecule has 2 N–H and O–H groups in total. The third-order valence-electron chi connectivity index (χ3n) is 5.01. The van der Waals surface area contributed by atoms with Crippen LogP contribution in [0.3, 0.4) is 0 Å². The second-order valence-corrected chi connectivity index (χ2v) is 7.63. The summed E-state index contributed by atoms with van der Waals surface area (Å²) in [4.78, 5) is 5.96. The third-order valence-corrected chi connectivity index (χ3v) is 5.01. The zero-order valence-electron chi connectivity index (χ0n) is 15.6. The number of methoxy groups -OCH3 is 1. The van der Waals surface area contributed by atoms with Crippen LogP contribution in [0.15, 0.2) is 30.5 Å². The first-order valence-corrected chi connectivity index (χ1v) is 9.21. The van der Waals surface area contributed by atoms with Crippen molar-refractivity contribution in [1.82, 2.24) is 9.88 Å². The Kier molecular flexibility index (Phi) is 5.62. The molecular weight excluding hydrogens is 312 g/mol. The highest BCUT2D eigenvalue weighted by atomic mass is 16.5. The summed E-state index contributed by atoms with van der Waals surface area (Å²) in [6.07, 6.45) is 9.59. The topological polar surface area (TPSA) is 48.5 Å². The van der Waals surface area contributed by atoms with Gasteiger partial charge in [-0.25, -0.2) is 0 Å². The fraction of sp³-hybridized carbons (Fsp3) is 0.524. The van der Waals surface area contributed by atoms with Crippen LogP contribution in [0.25, 0.3) is 17.0 Å². The van der Waals surface area contributed by atoms with E-state index in [1.54, 1.807) is 21.0 Å². The number of rotatable bonds is 7. The first-order chi connectivity index (χ1) is 12.0. The quantitative estimate of drug-likeness (QED) is 0.808. The van der Waals surface area contributed by atoms with E-state index >= 15 is 0 Å². The summed E-state index contributed by atoms with van der Waals surface area (Å²) in [6, 6.07) is 7.04. The molecular formula is C21H30N2O2. The molecule has 1 aromatic heterocycles. The summed E-state index contributed by atoms with van der Waals surface area (Å²) in [5.74, 6) is 0. The van der Waals surface area contributed by atoms with Gasteiger partial charge in [0, 0.05) is 36.8 Å². The molecule has 1 aliphatic rings. The van der Waals surface area contributed by atoms with Gasteiger partial charge in [-0.2, -0.15) is 0 Å². The first kappa shape index (κ1) is 18.2. The molecule has 0 saturated carbocycles. The van der Waals surface area contributed by atoms with Gasteiger partial charge in [-0.1, -0.05) is 18.2 Å². The number of aromatic amines is 1. The average molecular weight is 342 g/mol. The van der Waals surface area contributed by atoms with Gasteiger partial charge >= 0.3 is 0 Å². The number of aliphatic hydroxyl groups is 1. The lowest BCUT2D eigenvalue weighted by atomic mass is 10.0. The number of aromatic nitrogens is 1. The van der Waals surface area contributed by atoms with Crippen molar-refractivity contribution >= 4 is 17.0 Å². The van der Waals surface area contributed by atoms with Crippen molar-refractivity contribution in [2.24, 2.45) is 0 Å². The number of likely N-dealkylation sites (tertiary alicyclic amines) is 1. The molecule has 1 aliphatic heterocycles. The van der Waals surface area contributed by atoms with Gasteiger partial charge in [0.2, 0.25) is 0 Å². The number of nitrogens with one attached hydrogen (secondary N) is 1. The first-order valence-electron chi connectivity index (χ1n) is 9.21. The molecule has 25 heavy (non-hydrogen) atoms. The van der Waals surface area contributed by atoms with E-state index < -0.39 is 5.60 Å². The Balaban J connectivity index is 1.78. The summed E-state index contributed by atoms with van der Waals surface area (Å²) in [5, 5.41) is 11.2. The van der Waals surface area contributed by atoms with E-state index in [1.165, 1.54) is 35.9 Å². The third kappa shape index (κ3) is 4.72. The van der Waals surface area contributed by atoms with Gasteiger partial charge in [0.15, 0.2) is 0 Å². The Morgan fingerprint density at radius 3 is 3.00 bits per heavy atom. The molecule has 0 bridgehead atoms. The van der Waals surface area contributed by atoms with Gasteiger partial charge in [0.1, 0.15) is 0 Å². The van der Waals surface area contributed by atoms with E-state index in [0.717, 1.165) is 25.1 Å². The highest BCUT2D eigenvalue weighted by Crippen LogP contribution is 2.26. The Labute approximate surface area is 150 Å². The molecule has 0 unspecified atom stereocenters. The molecule has 2 heterocycles. The Morgan fingerprint density at radius 1 is 1.40 bits per heavy atom. The van der Waals surface area contributed by atoms with Crippen molar-refractivity contribution < 1.29 is 9.84 Å². The van der Waals surface area contributed by atoms with E-state index in [-0.39, 0.29) is 0 Å². The summed E-state index contributed by atoms with van der Waals surface area (Å²) < 4.78 is 5.25. The minimum atomic E-state index is -0.790. The van der Waals surface area contributed by atoms with Crippen LogP contribution in [0.4, 0.5) is 0 Å².